The molecule has 6 nitrogen and oxygen atoms in total. The summed E-state index contributed by atoms with van der Waals surface area (Å²) >= 11 is 0. The monoisotopic (exact) mass is 205 g/mol. The molecule has 0 atom stereocenters. The fourth-order valence-corrected chi connectivity index (χ4v) is 1.20. The molecule has 0 radical (unpaired) electrons. The summed E-state index contributed by atoms with van der Waals surface area (Å²) in [6.07, 6.45) is 5.62. The molecule has 0 aliphatic heterocycles. The molecule has 2 heterocycles. The summed E-state index contributed by atoms with van der Waals surface area (Å²) < 4.78 is 1.28. The van der Waals surface area contributed by atoms with Crippen LogP contribution >= 0.6 is 0 Å². The van der Waals surface area contributed by atoms with Crippen LogP contribution in [0.15, 0.2) is 35.6 Å². The van der Waals surface area contributed by atoms with E-state index >= 15 is 0 Å². The molecule has 2 aromatic rings. The van der Waals surface area contributed by atoms with E-state index < -0.39 is 5.97 Å². The first kappa shape index (κ1) is 9.20. The summed E-state index contributed by atoms with van der Waals surface area (Å²) in [6, 6.07) is 1.38. The number of nitrogens with zero attached hydrogens (tertiary/aromatic N) is 2. The van der Waals surface area contributed by atoms with Crippen LogP contribution in [0.3, 0.4) is 0 Å². The quantitative estimate of drug-likeness (QED) is 0.736. The second-order valence-electron chi connectivity index (χ2n) is 2.87. The van der Waals surface area contributed by atoms with Gasteiger partial charge in [0, 0.05) is 18.6 Å². The Hall–Kier alpha value is -2.37. The van der Waals surface area contributed by atoms with Crippen LogP contribution in [0.25, 0.3) is 5.69 Å². The molecule has 0 saturated heterocycles. The maximum absolute atomic E-state index is 11.2. The van der Waals surface area contributed by atoms with Crippen molar-refractivity contribution in [2.45, 2.75) is 0 Å². The van der Waals surface area contributed by atoms with Crippen molar-refractivity contribution in [3.8, 4) is 5.69 Å². The fraction of sp³-hybridized carbons (Fsp3) is 0. The number of carbonyl (C=O) groups is 1. The average molecular weight is 205 g/mol. The van der Waals surface area contributed by atoms with Gasteiger partial charge in [-0.15, -0.1) is 0 Å². The summed E-state index contributed by atoms with van der Waals surface area (Å²) in [7, 11) is 0. The Morgan fingerprint density at radius 1 is 1.47 bits per heavy atom. The molecule has 0 saturated carbocycles. The zero-order valence-corrected chi connectivity index (χ0v) is 7.54. The predicted molar refractivity (Wildman–Crippen MR) is 51.1 cm³/mol. The molecule has 76 valence electrons. The SMILES string of the molecule is O=C(O)c1cncc(-n2cc[nH]c2=O)c1. The number of pyridine rings is 1. The Morgan fingerprint density at radius 3 is 2.87 bits per heavy atom. The van der Waals surface area contributed by atoms with E-state index in [0.717, 1.165) is 0 Å². The zero-order valence-electron chi connectivity index (χ0n) is 7.54. The molecule has 2 rings (SSSR count). The molecule has 0 amide bonds. The van der Waals surface area contributed by atoms with Gasteiger partial charge in [-0.2, -0.15) is 0 Å². The van der Waals surface area contributed by atoms with Crippen LogP contribution in [0.2, 0.25) is 0 Å². The number of imidazole rings is 1. The molecule has 0 aliphatic rings. The van der Waals surface area contributed by atoms with Gasteiger partial charge in [0.2, 0.25) is 0 Å². The van der Waals surface area contributed by atoms with Crippen LogP contribution in [0, 0.1) is 0 Å². The van der Waals surface area contributed by atoms with Gasteiger partial charge in [0.15, 0.2) is 0 Å². The van der Waals surface area contributed by atoms with Gasteiger partial charge in [0.25, 0.3) is 0 Å². The predicted octanol–water partition coefficient (Wildman–Crippen LogP) is 0.259. The smallest absolute Gasteiger partial charge is 0.337 e. The maximum Gasteiger partial charge on any atom is 0.337 e. The van der Waals surface area contributed by atoms with E-state index in [9.17, 15) is 9.59 Å². The fourth-order valence-electron chi connectivity index (χ4n) is 1.20. The molecule has 0 spiro atoms. The number of nitrogens with one attached hydrogen (secondary N) is 1. The molecule has 0 fully saturated rings. The van der Waals surface area contributed by atoms with Crippen molar-refractivity contribution in [3.63, 3.8) is 0 Å². The standard InChI is InChI=1S/C9H7N3O3/c13-8(14)6-3-7(5-10-4-6)12-2-1-11-9(12)15/h1-5H,(H,11,15)(H,13,14). The van der Waals surface area contributed by atoms with Gasteiger partial charge >= 0.3 is 11.7 Å². The van der Waals surface area contributed by atoms with Crippen LogP contribution in [-0.4, -0.2) is 25.6 Å². The molecule has 0 aliphatic carbocycles. The first-order valence-electron chi connectivity index (χ1n) is 4.13. The molecular weight excluding hydrogens is 198 g/mol. The minimum Gasteiger partial charge on any atom is -0.478 e. The largest absolute Gasteiger partial charge is 0.478 e. The lowest BCUT2D eigenvalue weighted by atomic mass is 10.2. The molecular formula is C9H7N3O3. The van der Waals surface area contributed by atoms with Crippen molar-refractivity contribution < 1.29 is 9.90 Å². The molecule has 2 aromatic heterocycles. The van der Waals surface area contributed by atoms with E-state index in [1.165, 1.54) is 35.4 Å². The highest BCUT2D eigenvalue weighted by molar-refractivity contribution is 5.87. The second-order valence-corrected chi connectivity index (χ2v) is 2.87. The van der Waals surface area contributed by atoms with E-state index in [-0.39, 0.29) is 11.3 Å². The Bertz CT molecular complexity index is 555. The van der Waals surface area contributed by atoms with Gasteiger partial charge < -0.3 is 10.1 Å². The van der Waals surface area contributed by atoms with Crippen molar-refractivity contribution in [3.05, 3.63) is 46.9 Å². The van der Waals surface area contributed by atoms with Crippen LogP contribution in [0.4, 0.5) is 0 Å². The van der Waals surface area contributed by atoms with Crippen molar-refractivity contribution >= 4 is 5.97 Å². The summed E-state index contributed by atoms with van der Waals surface area (Å²) in [6.45, 7) is 0. The number of rotatable bonds is 2. The van der Waals surface area contributed by atoms with Crippen LogP contribution in [-0.2, 0) is 0 Å². The zero-order chi connectivity index (χ0) is 10.8. The third kappa shape index (κ3) is 1.64. The topological polar surface area (TPSA) is 88.0 Å². The molecule has 6 heteroatoms. The highest BCUT2D eigenvalue weighted by Gasteiger charge is 2.06. The number of H-pyrrole nitrogens is 1. The Balaban J connectivity index is 2.55. The van der Waals surface area contributed by atoms with Gasteiger partial charge in [-0.25, -0.2) is 9.59 Å². The lowest BCUT2D eigenvalue weighted by Gasteiger charge is -2.00. The van der Waals surface area contributed by atoms with Crippen molar-refractivity contribution in [1.82, 2.24) is 14.5 Å². The number of aromatic carboxylic acids is 1. The van der Waals surface area contributed by atoms with Crippen molar-refractivity contribution in [1.29, 1.82) is 0 Å². The number of hydrogen-bond acceptors (Lipinski definition) is 3. The van der Waals surface area contributed by atoms with E-state index in [0.29, 0.717) is 5.69 Å². The number of carboxylic acid groups (broad SMARTS) is 1. The lowest BCUT2D eigenvalue weighted by molar-refractivity contribution is 0.0696. The van der Waals surface area contributed by atoms with E-state index in [4.69, 9.17) is 5.11 Å². The van der Waals surface area contributed by atoms with Gasteiger partial charge in [0.05, 0.1) is 17.4 Å². The normalized spacial score (nSPS) is 10.1. The van der Waals surface area contributed by atoms with Crippen LogP contribution in [0.1, 0.15) is 10.4 Å². The first-order chi connectivity index (χ1) is 7.18. The second kappa shape index (κ2) is 3.41. The lowest BCUT2D eigenvalue weighted by Crippen LogP contribution is -2.14. The summed E-state index contributed by atoms with van der Waals surface area (Å²) in [5.41, 5.74) is 0.126. The molecule has 0 bridgehead atoms. The van der Waals surface area contributed by atoms with Gasteiger partial charge in [-0.3, -0.25) is 9.55 Å². The number of carboxylic acids is 1. The highest BCUT2D eigenvalue weighted by Crippen LogP contribution is 2.05. The summed E-state index contributed by atoms with van der Waals surface area (Å²) in [5.74, 6) is -1.08. The highest BCUT2D eigenvalue weighted by atomic mass is 16.4. The van der Waals surface area contributed by atoms with Gasteiger partial charge in [-0.05, 0) is 6.07 Å². The first-order valence-corrected chi connectivity index (χ1v) is 4.13. The Labute approximate surface area is 83.8 Å². The average Bonchev–Trinajstić information content (AvgIpc) is 2.64. The molecule has 15 heavy (non-hydrogen) atoms. The number of aromatic nitrogens is 3. The van der Waals surface area contributed by atoms with E-state index in [1.807, 2.05) is 0 Å². The van der Waals surface area contributed by atoms with Crippen LogP contribution < -0.4 is 5.69 Å². The van der Waals surface area contributed by atoms with Crippen molar-refractivity contribution in [2.75, 3.05) is 0 Å². The minimum absolute atomic E-state index is 0.0422. The number of hydrogen-bond donors (Lipinski definition) is 2. The molecule has 0 unspecified atom stereocenters. The van der Waals surface area contributed by atoms with Crippen LogP contribution in [0.5, 0.6) is 0 Å². The maximum atomic E-state index is 11.2. The summed E-state index contributed by atoms with van der Waals surface area (Å²) in [5, 5.41) is 8.74. The molecule has 2 N–H and O–H groups in total. The summed E-state index contributed by atoms with van der Waals surface area (Å²) in [4.78, 5) is 28.1. The number of aromatic amines is 1. The van der Waals surface area contributed by atoms with E-state index in [1.54, 1.807) is 0 Å². The minimum atomic E-state index is -1.08. The van der Waals surface area contributed by atoms with E-state index in [2.05, 4.69) is 9.97 Å². The third-order valence-corrected chi connectivity index (χ3v) is 1.90. The van der Waals surface area contributed by atoms with Crippen molar-refractivity contribution in [2.24, 2.45) is 0 Å². The van der Waals surface area contributed by atoms with Gasteiger partial charge in [0.1, 0.15) is 0 Å². The van der Waals surface area contributed by atoms with Gasteiger partial charge in [-0.1, -0.05) is 0 Å². The Morgan fingerprint density at radius 2 is 2.27 bits per heavy atom. The third-order valence-electron chi connectivity index (χ3n) is 1.90. The Kier molecular flexibility index (Phi) is 2.09. The molecule has 0 aromatic carbocycles.